The highest BCUT2D eigenvalue weighted by Crippen LogP contribution is 2.26. The Kier molecular flexibility index (Phi) is 7.28. The third-order valence-corrected chi connectivity index (χ3v) is 6.95. The summed E-state index contributed by atoms with van der Waals surface area (Å²) < 4.78 is 25.6. The van der Waals surface area contributed by atoms with Crippen molar-refractivity contribution in [2.24, 2.45) is 11.1 Å². The van der Waals surface area contributed by atoms with Crippen molar-refractivity contribution >= 4 is 15.9 Å². The highest BCUT2D eigenvalue weighted by atomic mass is 32.2. The van der Waals surface area contributed by atoms with E-state index in [-0.39, 0.29) is 17.7 Å². The van der Waals surface area contributed by atoms with Crippen LogP contribution in [-0.4, -0.2) is 50.1 Å². The Hall–Kier alpha value is -0.660. The number of hydrogen-bond acceptors (Lipinski definition) is 4. The molecule has 1 aliphatic heterocycles. The maximum atomic E-state index is 12.5. The molecule has 0 aromatic carbocycles. The number of amides is 1. The third kappa shape index (κ3) is 4.43. The van der Waals surface area contributed by atoms with Gasteiger partial charge in [-0.2, -0.15) is 0 Å². The van der Waals surface area contributed by atoms with Gasteiger partial charge in [-0.15, -0.1) is 0 Å². The second-order valence-corrected chi connectivity index (χ2v) is 8.24. The van der Waals surface area contributed by atoms with Gasteiger partial charge in [-0.3, -0.25) is 4.79 Å². The summed E-state index contributed by atoms with van der Waals surface area (Å²) in [6.45, 7) is 7.15. The predicted octanol–water partition coefficient (Wildman–Crippen LogP) is 1.07. The Morgan fingerprint density at radius 3 is 2.18 bits per heavy atom. The van der Waals surface area contributed by atoms with Gasteiger partial charge in [-0.05, 0) is 32.1 Å². The first-order valence-electron chi connectivity index (χ1n) is 8.34. The highest BCUT2D eigenvalue weighted by molar-refractivity contribution is 7.89. The molecule has 1 rings (SSSR count). The molecule has 0 unspecified atom stereocenters. The van der Waals surface area contributed by atoms with Gasteiger partial charge in [0.1, 0.15) is 0 Å². The number of nitrogens with zero attached hydrogens (tertiary/aromatic N) is 1. The third-order valence-electron chi connectivity index (χ3n) is 4.87. The van der Waals surface area contributed by atoms with Crippen LogP contribution in [0.5, 0.6) is 0 Å². The molecule has 1 heterocycles. The second kappa shape index (κ2) is 8.26. The lowest BCUT2D eigenvalue weighted by atomic mass is 9.81. The largest absolute Gasteiger partial charge is 0.353 e. The predicted molar refractivity (Wildman–Crippen MR) is 88.9 cm³/mol. The molecule has 0 aliphatic carbocycles. The molecule has 7 heteroatoms. The first-order chi connectivity index (χ1) is 10.3. The number of rotatable bonds is 8. The van der Waals surface area contributed by atoms with Gasteiger partial charge in [-0.1, -0.05) is 20.8 Å². The summed E-state index contributed by atoms with van der Waals surface area (Å²) in [7, 11) is -3.13. The molecular formula is C15H31N3O3S. The van der Waals surface area contributed by atoms with Gasteiger partial charge in [0.2, 0.25) is 15.9 Å². The normalized spacial score (nSPS) is 18.4. The summed E-state index contributed by atoms with van der Waals surface area (Å²) in [6, 6.07) is 0.0459. The average Bonchev–Trinajstić information content (AvgIpc) is 2.50. The number of carbonyl (C=O) groups excluding carboxylic acids is 1. The summed E-state index contributed by atoms with van der Waals surface area (Å²) >= 11 is 0. The Labute approximate surface area is 134 Å². The van der Waals surface area contributed by atoms with Crippen LogP contribution in [0.1, 0.15) is 52.9 Å². The fraction of sp³-hybridized carbons (Fsp3) is 0.933. The second-order valence-electron chi connectivity index (χ2n) is 6.15. The van der Waals surface area contributed by atoms with Crippen LogP contribution in [-0.2, 0) is 14.8 Å². The van der Waals surface area contributed by atoms with Gasteiger partial charge >= 0.3 is 0 Å². The van der Waals surface area contributed by atoms with E-state index in [2.05, 4.69) is 5.32 Å². The summed E-state index contributed by atoms with van der Waals surface area (Å²) in [5.74, 6) is 0.210. The number of nitrogens with one attached hydrogen (secondary N) is 1. The Balaban J connectivity index is 2.57. The topological polar surface area (TPSA) is 92.5 Å². The van der Waals surface area contributed by atoms with E-state index in [1.54, 1.807) is 4.31 Å². The summed E-state index contributed by atoms with van der Waals surface area (Å²) in [5.41, 5.74) is 5.30. The quantitative estimate of drug-likeness (QED) is 0.695. The van der Waals surface area contributed by atoms with Crippen molar-refractivity contribution in [3.63, 3.8) is 0 Å². The minimum absolute atomic E-state index is 0.00913. The zero-order chi connectivity index (χ0) is 16.8. The first kappa shape index (κ1) is 19.4. The fourth-order valence-corrected chi connectivity index (χ4v) is 4.50. The molecule has 0 bridgehead atoms. The van der Waals surface area contributed by atoms with Crippen LogP contribution in [0.4, 0.5) is 0 Å². The van der Waals surface area contributed by atoms with E-state index in [0.29, 0.717) is 38.9 Å². The molecule has 0 spiro atoms. The molecule has 22 heavy (non-hydrogen) atoms. The van der Waals surface area contributed by atoms with Crippen LogP contribution in [0.3, 0.4) is 0 Å². The zero-order valence-electron chi connectivity index (χ0n) is 14.1. The number of carbonyl (C=O) groups is 1. The van der Waals surface area contributed by atoms with Crippen molar-refractivity contribution in [2.45, 2.75) is 58.9 Å². The molecule has 0 aromatic rings. The molecule has 130 valence electrons. The van der Waals surface area contributed by atoms with Crippen LogP contribution < -0.4 is 11.1 Å². The van der Waals surface area contributed by atoms with Crippen LogP contribution in [0.25, 0.3) is 0 Å². The lowest BCUT2D eigenvalue weighted by molar-refractivity contribution is -0.132. The Bertz CT molecular complexity index is 444. The minimum Gasteiger partial charge on any atom is -0.353 e. The van der Waals surface area contributed by atoms with Gasteiger partial charge in [0, 0.05) is 25.7 Å². The molecule has 6 nitrogen and oxygen atoms in total. The molecule has 0 saturated carbocycles. The van der Waals surface area contributed by atoms with Gasteiger partial charge in [0.05, 0.1) is 11.2 Å². The lowest BCUT2D eigenvalue weighted by Gasteiger charge is -2.35. The Morgan fingerprint density at radius 2 is 1.77 bits per heavy atom. The molecule has 3 N–H and O–H groups in total. The molecule has 0 atom stereocenters. The highest BCUT2D eigenvalue weighted by Gasteiger charge is 2.35. The van der Waals surface area contributed by atoms with Gasteiger partial charge in [0.25, 0.3) is 0 Å². The van der Waals surface area contributed by atoms with E-state index >= 15 is 0 Å². The SMILES string of the molecule is CCCS(=O)(=O)N1CCC(NC(=O)C(CC)(CC)CN)CC1. The van der Waals surface area contributed by atoms with Crippen LogP contribution in [0.15, 0.2) is 0 Å². The minimum atomic E-state index is -3.13. The summed E-state index contributed by atoms with van der Waals surface area (Å²) in [5, 5.41) is 3.08. The molecule has 1 fully saturated rings. The van der Waals surface area contributed by atoms with E-state index in [1.165, 1.54) is 0 Å². The molecule has 0 aromatic heterocycles. The number of piperidine rings is 1. The molecular weight excluding hydrogens is 302 g/mol. The standard InChI is InChI=1S/C15H31N3O3S/c1-4-11-22(20,21)18-9-7-13(8-10-18)17-14(19)15(5-2,6-3)12-16/h13H,4-12,16H2,1-3H3,(H,17,19). The molecule has 1 saturated heterocycles. The van der Waals surface area contributed by atoms with E-state index in [4.69, 9.17) is 5.73 Å². The molecule has 0 radical (unpaired) electrons. The summed E-state index contributed by atoms with van der Waals surface area (Å²) in [6.07, 6.45) is 3.40. The van der Waals surface area contributed by atoms with Crippen molar-refractivity contribution in [3.05, 3.63) is 0 Å². The van der Waals surface area contributed by atoms with E-state index in [0.717, 1.165) is 12.8 Å². The molecule has 1 amide bonds. The maximum Gasteiger partial charge on any atom is 0.227 e. The van der Waals surface area contributed by atoms with Crippen LogP contribution >= 0.6 is 0 Å². The monoisotopic (exact) mass is 333 g/mol. The maximum absolute atomic E-state index is 12.5. The fourth-order valence-electron chi connectivity index (χ4n) is 2.96. The van der Waals surface area contributed by atoms with E-state index in [1.807, 2.05) is 20.8 Å². The number of hydrogen-bond donors (Lipinski definition) is 2. The van der Waals surface area contributed by atoms with Gasteiger partial charge < -0.3 is 11.1 Å². The average molecular weight is 333 g/mol. The van der Waals surface area contributed by atoms with E-state index in [9.17, 15) is 13.2 Å². The van der Waals surface area contributed by atoms with Gasteiger partial charge in [0.15, 0.2) is 0 Å². The number of sulfonamides is 1. The van der Waals surface area contributed by atoms with Crippen molar-refractivity contribution in [3.8, 4) is 0 Å². The Morgan fingerprint density at radius 1 is 1.23 bits per heavy atom. The van der Waals surface area contributed by atoms with Crippen LogP contribution in [0.2, 0.25) is 0 Å². The molecule has 1 aliphatic rings. The van der Waals surface area contributed by atoms with Crippen LogP contribution in [0, 0.1) is 5.41 Å². The number of nitrogens with two attached hydrogens (primary N) is 1. The lowest BCUT2D eigenvalue weighted by Crippen LogP contribution is -2.52. The van der Waals surface area contributed by atoms with Crippen molar-refractivity contribution in [1.29, 1.82) is 0 Å². The smallest absolute Gasteiger partial charge is 0.227 e. The van der Waals surface area contributed by atoms with Crippen molar-refractivity contribution in [2.75, 3.05) is 25.4 Å². The van der Waals surface area contributed by atoms with Gasteiger partial charge in [-0.25, -0.2) is 12.7 Å². The summed E-state index contributed by atoms with van der Waals surface area (Å²) in [4.78, 5) is 12.5. The zero-order valence-corrected chi connectivity index (χ0v) is 14.9. The van der Waals surface area contributed by atoms with Crippen molar-refractivity contribution < 1.29 is 13.2 Å². The first-order valence-corrected chi connectivity index (χ1v) is 9.95. The van der Waals surface area contributed by atoms with Crippen molar-refractivity contribution in [1.82, 2.24) is 9.62 Å². The van der Waals surface area contributed by atoms with E-state index < -0.39 is 15.4 Å².